The van der Waals surface area contributed by atoms with E-state index in [4.69, 9.17) is 4.65 Å². The lowest BCUT2D eigenvalue weighted by atomic mass is 9.83. The average molecular weight is 478 g/mol. The number of hydrogen-bond donors (Lipinski definition) is 2. The first-order chi connectivity index (χ1) is 16.4. The lowest BCUT2D eigenvalue weighted by Crippen LogP contribution is -2.56. The molecule has 1 aliphatic heterocycles. The third-order valence-electron chi connectivity index (χ3n) is 6.67. The van der Waals surface area contributed by atoms with E-state index in [2.05, 4.69) is 33.1 Å². The van der Waals surface area contributed by atoms with Crippen molar-refractivity contribution in [2.24, 2.45) is 5.41 Å². The van der Waals surface area contributed by atoms with Gasteiger partial charge in [0.2, 0.25) is 0 Å². The van der Waals surface area contributed by atoms with Gasteiger partial charge in [0.05, 0.1) is 6.04 Å². The number of carbonyl (C=O) groups is 2. The molecule has 1 heterocycles. The Morgan fingerprint density at radius 2 is 1.80 bits per heavy atom. The summed E-state index contributed by atoms with van der Waals surface area (Å²) in [5, 5.41) is 11.7. The minimum atomic E-state index is -0.884. The van der Waals surface area contributed by atoms with E-state index in [1.54, 1.807) is 6.07 Å². The number of hydrogen-bond acceptors (Lipinski definition) is 4. The van der Waals surface area contributed by atoms with Gasteiger partial charge in [-0.05, 0) is 75.5 Å². The summed E-state index contributed by atoms with van der Waals surface area (Å²) in [6.07, 6.45) is 3.78. The second kappa shape index (κ2) is 10.9. The van der Waals surface area contributed by atoms with Gasteiger partial charge in [-0.1, -0.05) is 57.4 Å². The van der Waals surface area contributed by atoms with E-state index in [1.165, 1.54) is 5.01 Å². The summed E-state index contributed by atoms with van der Waals surface area (Å²) < 4.78 is 5.76. The van der Waals surface area contributed by atoms with Crippen molar-refractivity contribution in [1.29, 1.82) is 0 Å². The van der Waals surface area contributed by atoms with Gasteiger partial charge in [-0.15, -0.1) is 0 Å². The van der Waals surface area contributed by atoms with Crippen LogP contribution in [0.25, 0.3) is 0 Å². The summed E-state index contributed by atoms with van der Waals surface area (Å²) in [7, 11) is -0.884. The monoisotopic (exact) mass is 478 g/mol. The summed E-state index contributed by atoms with van der Waals surface area (Å²) in [6.45, 7) is 14.1. The highest BCUT2D eigenvalue weighted by atomic mass is 16.5. The lowest BCUT2D eigenvalue weighted by molar-refractivity contribution is 0.0270. The van der Waals surface area contributed by atoms with Crippen LogP contribution in [0.2, 0.25) is 6.32 Å². The van der Waals surface area contributed by atoms with Gasteiger partial charge in [0.25, 0.3) is 11.8 Å². The molecule has 2 amide bonds. The molecule has 1 aliphatic rings. The van der Waals surface area contributed by atoms with Gasteiger partial charge < -0.3 is 9.68 Å². The minimum absolute atomic E-state index is 0.205. The Bertz CT molecular complexity index is 1070. The van der Waals surface area contributed by atoms with E-state index in [0.717, 1.165) is 42.4 Å². The van der Waals surface area contributed by atoms with Crippen LogP contribution in [-0.4, -0.2) is 35.0 Å². The predicted octanol–water partition coefficient (Wildman–Crippen LogP) is 5.42. The summed E-state index contributed by atoms with van der Waals surface area (Å²) in [5.41, 5.74) is 7.34. The molecule has 0 saturated carbocycles. The fourth-order valence-electron chi connectivity index (χ4n) is 4.92. The van der Waals surface area contributed by atoms with Crippen LogP contribution in [-0.2, 0) is 6.42 Å². The second-order valence-corrected chi connectivity index (χ2v) is 10.9. The van der Waals surface area contributed by atoms with Crippen LogP contribution >= 0.6 is 0 Å². The average Bonchev–Trinajstić information content (AvgIpc) is 2.95. The highest BCUT2D eigenvalue weighted by molar-refractivity contribution is 6.43. The maximum atomic E-state index is 13.8. The molecule has 0 radical (unpaired) electrons. The number of benzene rings is 2. The maximum Gasteiger partial charge on any atom is 0.522 e. The van der Waals surface area contributed by atoms with Crippen LogP contribution in [0.15, 0.2) is 30.3 Å². The standard InChI is InChI=1S/C28H39BN2O4/c1-8-10-24(28(5,6)7)31(27(33)22-16-18(2)15-19(3)17-22)30-26(32)23-13-12-21-11-9-14-29(34)35-25(21)20(23)4/h12-13,15-17,24,34H,8-11,14H2,1-7H3,(H,30,32)/t24-/m0/s1. The molecule has 188 valence electrons. The molecule has 2 aromatic rings. The van der Waals surface area contributed by atoms with Crippen LogP contribution in [0.5, 0.6) is 5.75 Å². The first-order valence-electron chi connectivity index (χ1n) is 12.6. The van der Waals surface area contributed by atoms with Gasteiger partial charge in [0.1, 0.15) is 5.75 Å². The molecule has 6 nitrogen and oxygen atoms in total. The largest absolute Gasteiger partial charge is 0.536 e. The minimum Gasteiger partial charge on any atom is -0.536 e. The molecule has 0 spiro atoms. The van der Waals surface area contributed by atoms with E-state index in [9.17, 15) is 14.6 Å². The van der Waals surface area contributed by atoms with E-state index >= 15 is 0 Å². The first kappa shape index (κ1) is 26.8. The summed E-state index contributed by atoms with van der Waals surface area (Å²) in [5.74, 6) is -0.0240. The highest BCUT2D eigenvalue weighted by Gasteiger charge is 2.35. The zero-order chi connectivity index (χ0) is 25.9. The molecule has 1 atom stereocenters. The van der Waals surface area contributed by atoms with Crippen LogP contribution in [0.4, 0.5) is 0 Å². The molecule has 0 bridgehead atoms. The van der Waals surface area contributed by atoms with Crippen molar-refractivity contribution >= 4 is 18.9 Å². The third kappa shape index (κ3) is 6.26. The topological polar surface area (TPSA) is 78.9 Å². The SMILES string of the molecule is CCC[C@H](N(NC(=O)c1ccc2c(c1C)OB(O)CCC2)C(=O)c1cc(C)cc(C)c1)C(C)(C)C. The molecule has 0 aliphatic carbocycles. The fourth-order valence-corrected chi connectivity index (χ4v) is 4.92. The molecule has 0 saturated heterocycles. The van der Waals surface area contributed by atoms with Crippen LogP contribution in [0.1, 0.15) is 89.9 Å². The Kier molecular flexibility index (Phi) is 8.32. The summed E-state index contributed by atoms with van der Waals surface area (Å²) in [4.78, 5) is 27.4. The number of nitrogens with one attached hydrogen (secondary N) is 1. The summed E-state index contributed by atoms with van der Waals surface area (Å²) in [6, 6.07) is 9.23. The zero-order valence-corrected chi connectivity index (χ0v) is 22.2. The quantitative estimate of drug-likeness (QED) is 0.444. The van der Waals surface area contributed by atoms with Gasteiger partial charge >= 0.3 is 7.12 Å². The number of nitrogens with zero attached hydrogens (tertiary/aromatic N) is 1. The fraction of sp³-hybridized carbons (Fsp3) is 0.500. The number of rotatable bonds is 5. The number of aryl methyl sites for hydroxylation is 3. The highest BCUT2D eigenvalue weighted by Crippen LogP contribution is 2.32. The van der Waals surface area contributed by atoms with Gasteiger partial charge in [0, 0.05) is 16.7 Å². The Morgan fingerprint density at radius 1 is 1.14 bits per heavy atom. The molecule has 2 N–H and O–H groups in total. The first-order valence-corrected chi connectivity index (χ1v) is 12.6. The zero-order valence-electron chi connectivity index (χ0n) is 22.2. The van der Waals surface area contributed by atoms with Crippen molar-refractivity contribution in [3.05, 3.63) is 63.7 Å². The van der Waals surface area contributed by atoms with Crippen molar-refractivity contribution < 1.29 is 19.3 Å². The van der Waals surface area contributed by atoms with E-state index < -0.39 is 7.12 Å². The van der Waals surface area contributed by atoms with Gasteiger partial charge in [-0.25, -0.2) is 5.01 Å². The maximum absolute atomic E-state index is 13.8. The molecule has 35 heavy (non-hydrogen) atoms. The molecule has 0 unspecified atom stereocenters. The van der Waals surface area contributed by atoms with Crippen molar-refractivity contribution in [1.82, 2.24) is 10.4 Å². The molecular weight excluding hydrogens is 439 g/mol. The lowest BCUT2D eigenvalue weighted by Gasteiger charge is -2.40. The number of carbonyl (C=O) groups excluding carboxylic acids is 2. The third-order valence-corrected chi connectivity index (χ3v) is 6.67. The van der Waals surface area contributed by atoms with E-state index in [-0.39, 0.29) is 23.3 Å². The van der Waals surface area contributed by atoms with Crippen LogP contribution < -0.4 is 10.1 Å². The molecule has 2 aromatic carbocycles. The van der Waals surface area contributed by atoms with Gasteiger partial charge in [-0.3, -0.25) is 15.0 Å². The van der Waals surface area contributed by atoms with Crippen molar-refractivity contribution in [2.45, 2.75) is 86.5 Å². The van der Waals surface area contributed by atoms with Crippen molar-refractivity contribution in [2.75, 3.05) is 0 Å². The molecule has 3 rings (SSSR count). The summed E-state index contributed by atoms with van der Waals surface area (Å²) >= 11 is 0. The van der Waals surface area contributed by atoms with Crippen molar-refractivity contribution in [3.63, 3.8) is 0 Å². The molecule has 0 aromatic heterocycles. The second-order valence-electron chi connectivity index (χ2n) is 10.9. The number of hydrazine groups is 1. The Hall–Kier alpha value is -2.80. The normalized spacial score (nSPS) is 14.5. The van der Waals surface area contributed by atoms with E-state index in [0.29, 0.717) is 28.8 Å². The van der Waals surface area contributed by atoms with E-state index in [1.807, 2.05) is 45.0 Å². The van der Waals surface area contributed by atoms with Crippen LogP contribution in [0.3, 0.4) is 0 Å². The number of fused-ring (bicyclic) bond motifs is 1. The van der Waals surface area contributed by atoms with Gasteiger partial charge in [-0.2, -0.15) is 0 Å². The molecule has 0 fully saturated rings. The van der Waals surface area contributed by atoms with Crippen molar-refractivity contribution in [3.8, 4) is 5.75 Å². The molecular formula is C28H39BN2O4. The predicted molar refractivity (Wildman–Crippen MR) is 141 cm³/mol. The Balaban J connectivity index is 2.01. The number of amides is 2. The molecule has 7 heteroatoms. The smallest absolute Gasteiger partial charge is 0.522 e. The van der Waals surface area contributed by atoms with Crippen LogP contribution in [0, 0.1) is 26.2 Å². The Labute approximate surface area is 210 Å². The Morgan fingerprint density at radius 3 is 2.40 bits per heavy atom. The van der Waals surface area contributed by atoms with Gasteiger partial charge in [0.15, 0.2) is 0 Å².